The number of thioether (sulfide) groups is 1. The predicted molar refractivity (Wildman–Crippen MR) is 141 cm³/mol. The van der Waals surface area contributed by atoms with Crippen LogP contribution in [-0.4, -0.2) is 58.1 Å². The fourth-order valence-corrected chi connectivity index (χ4v) is 8.27. The number of rotatable bonds is 8. The number of carboxylic acid groups (broad SMARTS) is 1. The van der Waals surface area contributed by atoms with Crippen LogP contribution < -0.4 is 5.32 Å². The van der Waals surface area contributed by atoms with Gasteiger partial charge < -0.3 is 20.4 Å². The summed E-state index contributed by atoms with van der Waals surface area (Å²) in [4.78, 5) is 28.8. The van der Waals surface area contributed by atoms with Crippen molar-refractivity contribution in [3.63, 3.8) is 0 Å². The van der Waals surface area contributed by atoms with Crippen LogP contribution in [0.2, 0.25) is 0 Å². The van der Waals surface area contributed by atoms with Gasteiger partial charge in [0.1, 0.15) is 11.6 Å². The highest BCUT2D eigenvalue weighted by atomic mass is 32.2. The fraction of sp³-hybridized carbons (Fsp3) is 0.750. The van der Waals surface area contributed by atoms with Gasteiger partial charge in [-0.2, -0.15) is 11.8 Å². The summed E-state index contributed by atoms with van der Waals surface area (Å²) >= 11 is 1.54. The Morgan fingerprint density at radius 3 is 2.69 bits per heavy atom. The van der Waals surface area contributed by atoms with Crippen molar-refractivity contribution in [2.45, 2.75) is 83.3 Å². The maximum absolute atomic E-state index is 12.2. The van der Waals surface area contributed by atoms with Gasteiger partial charge in [0.15, 0.2) is 6.61 Å². The predicted octanol–water partition coefficient (Wildman–Crippen LogP) is 4.01. The summed E-state index contributed by atoms with van der Waals surface area (Å²) in [5.74, 6) is 3.53. The van der Waals surface area contributed by atoms with Gasteiger partial charge >= 0.3 is 5.97 Å². The van der Waals surface area contributed by atoms with Crippen LogP contribution in [0.15, 0.2) is 16.8 Å². The summed E-state index contributed by atoms with van der Waals surface area (Å²) in [7, 11) is 0. The number of nitrogens with zero attached hydrogens (tertiary/aromatic N) is 1. The van der Waals surface area contributed by atoms with Crippen molar-refractivity contribution in [3.8, 4) is 12.3 Å². The molecule has 4 aliphatic rings. The number of carboxylic acids is 1. The van der Waals surface area contributed by atoms with Crippen molar-refractivity contribution in [2.24, 2.45) is 33.7 Å². The van der Waals surface area contributed by atoms with E-state index in [1.165, 1.54) is 17.3 Å². The number of hydrogen-bond donors (Lipinski definition) is 3. The Hall–Kier alpha value is -1.98. The van der Waals surface area contributed by atoms with Gasteiger partial charge in [-0.3, -0.25) is 4.79 Å². The first-order chi connectivity index (χ1) is 17.1. The number of allylic oxidation sites excluding steroid dienone is 2. The third-order valence-electron chi connectivity index (χ3n) is 9.99. The third kappa shape index (κ3) is 4.69. The molecule has 198 valence electrons. The Bertz CT molecular complexity index is 989. The zero-order chi connectivity index (χ0) is 26.1. The smallest absolute Gasteiger partial charge is 0.326 e. The molecule has 0 heterocycles. The maximum Gasteiger partial charge on any atom is 0.326 e. The zero-order valence-corrected chi connectivity index (χ0v) is 22.5. The quantitative estimate of drug-likeness (QED) is 0.332. The molecule has 0 radical (unpaired) electrons. The number of amides is 1. The van der Waals surface area contributed by atoms with Crippen LogP contribution in [0.1, 0.15) is 71.6 Å². The van der Waals surface area contributed by atoms with Crippen molar-refractivity contribution in [1.29, 1.82) is 0 Å². The third-order valence-corrected chi connectivity index (χ3v) is 10.6. The highest BCUT2D eigenvalue weighted by molar-refractivity contribution is 7.98. The minimum atomic E-state index is -1.04. The Balaban J connectivity index is 1.38. The standard InChI is InChI=1S/C28H40N2O5S/c1-5-28(34)14-10-22-20-7-6-18-16-19(8-12-26(18,2)21(20)9-13-27(22,28)3)30-35-17-24(31)29-23(25(32)33)11-15-36-4/h1,16,20-23,34H,6-15,17H2,2-4H3,(H,29,31)(H,32,33)/t20?,21?,22?,23?,26-,27-,28+/m0/s1. The van der Waals surface area contributed by atoms with Crippen molar-refractivity contribution in [1.82, 2.24) is 5.32 Å². The van der Waals surface area contributed by atoms with E-state index in [1.54, 1.807) is 0 Å². The number of terminal acetylenes is 1. The largest absolute Gasteiger partial charge is 0.480 e. The summed E-state index contributed by atoms with van der Waals surface area (Å²) in [6.07, 6.45) is 17.9. The van der Waals surface area contributed by atoms with Gasteiger partial charge in [-0.05, 0) is 99.0 Å². The molecule has 3 saturated carbocycles. The number of oxime groups is 1. The number of aliphatic hydroxyl groups is 1. The zero-order valence-electron chi connectivity index (χ0n) is 21.7. The monoisotopic (exact) mass is 516 g/mol. The normalized spacial score (nSPS) is 39.1. The first-order valence-corrected chi connectivity index (χ1v) is 14.6. The number of aliphatic carboxylic acids is 1. The molecule has 4 unspecified atom stereocenters. The van der Waals surface area contributed by atoms with Crippen molar-refractivity contribution >= 4 is 29.4 Å². The minimum absolute atomic E-state index is 0.115. The van der Waals surface area contributed by atoms with Crippen LogP contribution in [0, 0.1) is 40.9 Å². The topological polar surface area (TPSA) is 108 Å². The lowest BCUT2D eigenvalue weighted by Crippen LogP contribution is -2.54. The van der Waals surface area contributed by atoms with E-state index in [1.807, 2.05) is 6.26 Å². The van der Waals surface area contributed by atoms with Crippen LogP contribution in [-0.2, 0) is 14.4 Å². The molecule has 3 N–H and O–H groups in total. The second-order valence-electron chi connectivity index (χ2n) is 11.6. The van der Waals surface area contributed by atoms with Gasteiger partial charge in [0.05, 0.1) is 5.71 Å². The molecule has 4 aliphatic carbocycles. The van der Waals surface area contributed by atoms with Gasteiger partial charge in [0.2, 0.25) is 0 Å². The Kier molecular flexibility index (Phi) is 7.83. The lowest BCUT2D eigenvalue weighted by molar-refractivity contribution is -0.142. The van der Waals surface area contributed by atoms with Gasteiger partial charge in [-0.25, -0.2) is 4.79 Å². The van der Waals surface area contributed by atoms with Gasteiger partial charge in [0, 0.05) is 5.41 Å². The molecular formula is C28H40N2O5S. The van der Waals surface area contributed by atoms with E-state index in [0.717, 1.165) is 50.7 Å². The molecule has 0 aromatic rings. The molecular weight excluding hydrogens is 476 g/mol. The molecule has 7 atom stereocenters. The Morgan fingerprint density at radius 1 is 1.25 bits per heavy atom. The summed E-state index contributed by atoms with van der Waals surface area (Å²) in [6.45, 7) is 4.32. The van der Waals surface area contributed by atoms with Crippen molar-refractivity contribution in [2.75, 3.05) is 18.6 Å². The van der Waals surface area contributed by atoms with Crippen LogP contribution in [0.3, 0.4) is 0 Å². The van der Waals surface area contributed by atoms with Crippen LogP contribution >= 0.6 is 11.8 Å². The number of hydrogen-bond acceptors (Lipinski definition) is 6. The van der Waals surface area contributed by atoms with E-state index in [4.69, 9.17) is 11.3 Å². The fourth-order valence-electron chi connectivity index (χ4n) is 7.80. The first-order valence-electron chi connectivity index (χ1n) is 13.2. The molecule has 4 rings (SSSR count). The van der Waals surface area contributed by atoms with E-state index < -0.39 is 23.5 Å². The average Bonchev–Trinajstić information content (AvgIpc) is 3.12. The molecule has 36 heavy (non-hydrogen) atoms. The van der Waals surface area contributed by atoms with Crippen molar-refractivity contribution < 1.29 is 24.6 Å². The summed E-state index contributed by atoms with van der Waals surface area (Å²) in [6, 6.07) is -0.914. The molecule has 0 aliphatic heterocycles. The van der Waals surface area contributed by atoms with E-state index in [2.05, 4.69) is 36.3 Å². The first kappa shape index (κ1) is 27.1. The number of carbonyl (C=O) groups is 2. The molecule has 7 nitrogen and oxygen atoms in total. The summed E-state index contributed by atoms with van der Waals surface area (Å²) < 4.78 is 0. The number of nitrogens with one attached hydrogen (secondary N) is 1. The molecule has 0 aromatic heterocycles. The number of carbonyl (C=O) groups excluding carboxylic acids is 1. The lowest BCUT2D eigenvalue weighted by Gasteiger charge is -2.58. The molecule has 8 heteroatoms. The van der Waals surface area contributed by atoms with Gasteiger partial charge in [-0.15, -0.1) is 6.42 Å². The average molecular weight is 517 g/mol. The van der Waals surface area contributed by atoms with E-state index in [-0.39, 0.29) is 17.4 Å². The lowest BCUT2D eigenvalue weighted by atomic mass is 9.46. The second-order valence-corrected chi connectivity index (χ2v) is 12.6. The van der Waals surface area contributed by atoms with Crippen LogP contribution in [0.4, 0.5) is 0 Å². The van der Waals surface area contributed by atoms with Gasteiger partial charge in [-0.1, -0.05) is 30.5 Å². The van der Waals surface area contributed by atoms with E-state index >= 15 is 0 Å². The van der Waals surface area contributed by atoms with Crippen LogP contribution in [0.5, 0.6) is 0 Å². The Labute approximate surface area is 218 Å². The summed E-state index contributed by atoms with van der Waals surface area (Å²) in [5.41, 5.74) is 1.21. The highest BCUT2D eigenvalue weighted by Crippen LogP contribution is 2.67. The molecule has 3 fully saturated rings. The second kappa shape index (κ2) is 10.4. The van der Waals surface area contributed by atoms with E-state index in [9.17, 15) is 19.8 Å². The number of fused-ring (bicyclic) bond motifs is 5. The van der Waals surface area contributed by atoms with Crippen LogP contribution in [0.25, 0.3) is 0 Å². The molecule has 0 spiro atoms. The maximum atomic E-state index is 12.2. The highest BCUT2D eigenvalue weighted by Gasteiger charge is 2.63. The van der Waals surface area contributed by atoms with Gasteiger partial charge in [0.25, 0.3) is 5.91 Å². The minimum Gasteiger partial charge on any atom is -0.480 e. The molecule has 1 amide bonds. The molecule has 0 aromatic carbocycles. The van der Waals surface area contributed by atoms with Crippen molar-refractivity contribution in [3.05, 3.63) is 11.6 Å². The molecule has 0 bridgehead atoms. The molecule has 0 saturated heterocycles. The van der Waals surface area contributed by atoms with E-state index in [0.29, 0.717) is 36.3 Å². The summed E-state index contributed by atoms with van der Waals surface area (Å²) in [5, 5.41) is 27.2. The SMILES string of the molecule is C#C[C@@]1(O)CCC2C3CCC4=CC(=NOCC(=O)NC(CCSC)C(=O)O)CC[C@]4(C)C3CC[C@@]21C. The Morgan fingerprint density at radius 2 is 2.00 bits per heavy atom.